The Balaban J connectivity index is 3.06. The first-order valence-corrected chi connectivity index (χ1v) is 4.56. The summed E-state index contributed by atoms with van der Waals surface area (Å²) in [4.78, 5) is 4.30. The van der Waals surface area contributed by atoms with Crippen molar-refractivity contribution in [2.45, 2.75) is 11.9 Å². The van der Waals surface area contributed by atoms with Crippen LogP contribution in [-0.2, 0) is 0 Å². The maximum Gasteiger partial charge on any atom is 0.151 e. The summed E-state index contributed by atoms with van der Waals surface area (Å²) in [5.41, 5.74) is 1.02. The highest BCUT2D eigenvalue weighted by Gasteiger charge is 2.01. The van der Waals surface area contributed by atoms with Crippen LogP contribution < -0.4 is 4.74 Å². The van der Waals surface area contributed by atoms with Gasteiger partial charge in [0.15, 0.2) is 5.75 Å². The molecule has 1 aromatic heterocycles. The second kappa shape index (κ2) is 3.62. The Morgan fingerprint density at radius 2 is 2.18 bits per heavy atom. The van der Waals surface area contributed by atoms with E-state index in [2.05, 4.69) is 4.98 Å². The highest BCUT2D eigenvalue weighted by molar-refractivity contribution is 7.98. The van der Waals surface area contributed by atoms with Gasteiger partial charge in [-0.05, 0) is 25.3 Å². The Bertz CT molecular complexity index is 250. The van der Waals surface area contributed by atoms with Gasteiger partial charge in [-0.25, -0.2) is 4.98 Å². The lowest BCUT2D eigenvalue weighted by atomic mass is 10.4. The van der Waals surface area contributed by atoms with Gasteiger partial charge in [0.2, 0.25) is 0 Å². The molecule has 0 saturated heterocycles. The monoisotopic (exact) mass is 169 g/mol. The number of ether oxygens (including phenoxy) is 1. The number of aromatic nitrogens is 1. The Kier molecular flexibility index (Phi) is 2.76. The van der Waals surface area contributed by atoms with E-state index >= 15 is 0 Å². The van der Waals surface area contributed by atoms with Gasteiger partial charge < -0.3 is 4.74 Å². The number of rotatable bonds is 2. The van der Waals surface area contributed by atoms with E-state index in [0.717, 1.165) is 16.5 Å². The number of nitrogens with zero attached hydrogens (tertiary/aromatic N) is 1. The van der Waals surface area contributed by atoms with E-state index in [1.54, 1.807) is 18.9 Å². The lowest BCUT2D eigenvalue weighted by Gasteiger charge is -2.04. The van der Waals surface area contributed by atoms with Crippen LogP contribution in [0.3, 0.4) is 0 Å². The summed E-state index contributed by atoms with van der Waals surface area (Å²) in [6.45, 7) is 1.97. The van der Waals surface area contributed by atoms with Crippen LogP contribution >= 0.6 is 11.8 Å². The van der Waals surface area contributed by atoms with Gasteiger partial charge in [-0.1, -0.05) is 0 Å². The standard InChI is InChI=1S/C8H11NOS/c1-6-4-5-7(10-2)8(9-6)11-3/h4-5H,1-3H3. The van der Waals surface area contributed by atoms with Crippen molar-refractivity contribution in [3.8, 4) is 5.75 Å². The van der Waals surface area contributed by atoms with Crippen LogP contribution in [0.1, 0.15) is 5.69 Å². The summed E-state index contributed by atoms with van der Waals surface area (Å²) in [6.07, 6.45) is 1.99. The molecule has 0 radical (unpaired) electrons. The van der Waals surface area contributed by atoms with Gasteiger partial charge in [0.1, 0.15) is 5.03 Å². The minimum absolute atomic E-state index is 0.850. The van der Waals surface area contributed by atoms with Crippen LogP contribution in [0.15, 0.2) is 17.2 Å². The summed E-state index contributed by atoms with van der Waals surface area (Å²) in [5.74, 6) is 0.850. The molecule has 0 atom stereocenters. The van der Waals surface area contributed by atoms with Crippen molar-refractivity contribution in [2.75, 3.05) is 13.4 Å². The molecule has 0 fully saturated rings. The zero-order chi connectivity index (χ0) is 8.27. The molecular formula is C8H11NOS. The highest BCUT2D eigenvalue weighted by Crippen LogP contribution is 2.24. The molecule has 11 heavy (non-hydrogen) atoms. The summed E-state index contributed by atoms with van der Waals surface area (Å²) >= 11 is 1.60. The molecule has 0 aliphatic heterocycles. The third kappa shape index (κ3) is 1.87. The molecule has 0 aliphatic carbocycles. The molecule has 2 nitrogen and oxygen atoms in total. The van der Waals surface area contributed by atoms with Gasteiger partial charge in [0.25, 0.3) is 0 Å². The molecule has 0 saturated carbocycles. The zero-order valence-corrected chi connectivity index (χ0v) is 7.73. The molecule has 0 bridgehead atoms. The van der Waals surface area contributed by atoms with Crippen molar-refractivity contribution in [3.63, 3.8) is 0 Å². The fourth-order valence-electron chi connectivity index (χ4n) is 0.822. The van der Waals surface area contributed by atoms with Crippen molar-refractivity contribution in [1.29, 1.82) is 0 Å². The van der Waals surface area contributed by atoms with E-state index in [-0.39, 0.29) is 0 Å². The summed E-state index contributed by atoms with van der Waals surface area (Å²) in [7, 11) is 1.66. The minimum Gasteiger partial charge on any atom is -0.494 e. The molecule has 60 valence electrons. The average molecular weight is 169 g/mol. The normalized spacial score (nSPS) is 9.73. The maximum atomic E-state index is 5.11. The Morgan fingerprint density at radius 3 is 2.73 bits per heavy atom. The zero-order valence-electron chi connectivity index (χ0n) is 6.92. The van der Waals surface area contributed by atoms with E-state index in [1.165, 1.54) is 0 Å². The van der Waals surface area contributed by atoms with Gasteiger partial charge in [-0.2, -0.15) is 0 Å². The quantitative estimate of drug-likeness (QED) is 0.633. The molecule has 0 aromatic carbocycles. The molecular weight excluding hydrogens is 158 g/mol. The number of hydrogen-bond acceptors (Lipinski definition) is 3. The van der Waals surface area contributed by atoms with Gasteiger partial charge in [-0.3, -0.25) is 0 Å². The smallest absolute Gasteiger partial charge is 0.151 e. The first kappa shape index (κ1) is 8.40. The van der Waals surface area contributed by atoms with Crippen LogP contribution in [0, 0.1) is 6.92 Å². The summed E-state index contributed by atoms with van der Waals surface area (Å²) < 4.78 is 5.11. The van der Waals surface area contributed by atoms with Crippen LogP contribution in [0.25, 0.3) is 0 Å². The average Bonchev–Trinajstić information content (AvgIpc) is 2.04. The van der Waals surface area contributed by atoms with E-state index in [0.29, 0.717) is 0 Å². The first-order valence-electron chi connectivity index (χ1n) is 3.33. The van der Waals surface area contributed by atoms with Crippen LogP contribution in [0.2, 0.25) is 0 Å². The van der Waals surface area contributed by atoms with Crippen molar-refractivity contribution >= 4 is 11.8 Å². The fraction of sp³-hybridized carbons (Fsp3) is 0.375. The predicted octanol–water partition coefficient (Wildman–Crippen LogP) is 2.12. The third-order valence-corrected chi connectivity index (χ3v) is 2.06. The van der Waals surface area contributed by atoms with Crippen LogP contribution in [-0.4, -0.2) is 18.3 Å². The topological polar surface area (TPSA) is 22.1 Å². The fourth-order valence-corrected chi connectivity index (χ4v) is 1.41. The molecule has 0 unspecified atom stereocenters. The second-order valence-electron chi connectivity index (χ2n) is 2.16. The van der Waals surface area contributed by atoms with Crippen molar-refractivity contribution in [3.05, 3.63) is 17.8 Å². The second-order valence-corrected chi connectivity index (χ2v) is 2.96. The number of pyridine rings is 1. The third-order valence-electron chi connectivity index (χ3n) is 1.38. The Morgan fingerprint density at radius 1 is 1.45 bits per heavy atom. The van der Waals surface area contributed by atoms with E-state index < -0.39 is 0 Å². The Labute approximate surface area is 71.0 Å². The van der Waals surface area contributed by atoms with E-state index in [1.807, 2.05) is 25.3 Å². The number of hydrogen-bond donors (Lipinski definition) is 0. The largest absolute Gasteiger partial charge is 0.494 e. The molecule has 0 spiro atoms. The van der Waals surface area contributed by atoms with E-state index in [9.17, 15) is 0 Å². The SMILES string of the molecule is COc1ccc(C)nc1SC. The maximum absolute atomic E-state index is 5.11. The van der Waals surface area contributed by atoms with Crippen molar-refractivity contribution in [2.24, 2.45) is 0 Å². The summed E-state index contributed by atoms with van der Waals surface area (Å²) in [5, 5.41) is 0.951. The van der Waals surface area contributed by atoms with Gasteiger partial charge >= 0.3 is 0 Å². The van der Waals surface area contributed by atoms with Gasteiger partial charge in [-0.15, -0.1) is 11.8 Å². The molecule has 1 aromatic rings. The minimum atomic E-state index is 0.850. The Hall–Kier alpha value is -0.700. The van der Waals surface area contributed by atoms with Crippen molar-refractivity contribution < 1.29 is 4.74 Å². The van der Waals surface area contributed by atoms with Gasteiger partial charge in [0, 0.05) is 5.69 Å². The lowest BCUT2D eigenvalue weighted by Crippen LogP contribution is -1.90. The van der Waals surface area contributed by atoms with E-state index in [4.69, 9.17) is 4.74 Å². The summed E-state index contributed by atoms with van der Waals surface area (Å²) in [6, 6.07) is 3.88. The molecule has 0 aliphatic rings. The lowest BCUT2D eigenvalue weighted by molar-refractivity contribution is 0.400. The molecule has 1 rings (SSSR count). The van der Waals surface area contributed by atoms with Crippen LogP contribution in [0.5, 0.6) is 5.75 Å². The predicted molar refractivity (Wildman–Crippen MR) is 47.3 cm³/mol. The number of aryl methyl sites for hydroxylation is 1. The number of thioether (sulfide) groups is 1. The molecule has 0 amide bonds. The molecule has 3 heteroatoms. The first-order chi connectivity index (χ1) is 5.27. The van der Waals surface area contributed by atoms with Gasteiger partial charge in [0.05, 0.1) is 7.11 Å². The highest BCUT2D eigenvalue weighted by atomic mass is 32.2. The molecule has 1 heterocycles. The van der Waals surface area contributed by atoms with Crippen LogP contribution in [0.4, 0.5) is 0 Å². The van der Waals surface area contributed by atoms with Crippen molar-refractivity contribution in [1.82, 2.24) is 4.98 Å². The molecule has 0 N–H and O–H groups in total. The number of methoxy groups -OCH3 is 1.